The highest BCUT2D eigenvalue weighted by atomic mass is 35.5. The first kappa shape index (κ1) is 16.9. The van der Waals surface area contributed by atoms with Gasteiger partial charge in [0, 0.05) is 12.6 Å². The third-order valence-electron chi connectivity index (χ3n) is 3.11. The normalized spacial score (nSPS) is 16.1. The van der Waals surface area contributed by atoms with E-state index >= 15 is 0 Å². The molecule has 1 aromatic carbocycles. The molecule has 0 amide bonds. The van der Waals surface area contributed by atoms with Gasteiger partial charge in [-0.15, -0.1) is 12.4 Å². The first-order valence-corrected chi connectivity index (χ1v) is 7.37. The molecular weight excluding hydrogens is 305 g/mol. The third-order valence-corrected chi connectivity index (χ3v) is 4.53. The fourth-order valence-corrected chi connectivity index (χ4v) is 2.84. The second-order valence-corrected chi connectivity index (χ2v) is 6.37. The second kappa shape index (κ2) is 6.50. The average molecular weight is 320 g/mol. The van der Waals surface area contributed by atoms with Gasteiger partial charge < -0.3 is 5.73 Å². The van der Waals surface area contributed by atoms with Crippen molar-refractivity contribution in [1.29, 1.82) is 5.26 Å². The van der Waals surface area contributed by atoms with Crippen molar-refractivity contribution in [2.24, 2.45) is 11.7 Å². The van der Waals surface area contributed by atoms with Crippen LogP contribution in [0.4, 0.5) is 4.39 Å². The van der Waals surface area contributed by atoms with E-state index in [1.807, 2.05) is 0 Å². The summed E-state index contributed by atoms with van der Waals surface area (Å²) >= 11 is 0. The molecule has 1 aliphatic rings. The minimum atomic E-state index is -3.76. The molecule has 1 atom stereocenters. The van der Waals surface area contributed by atoms with Crippen LogP contribution in [0.1, 0.15) is 18.4 Å². The van der Waals surface area contributed by atoms with Crippen LogP contribution in [0.25, 0.3) is 0 Å². The zero-order valence-corrected chi connectivity index (χ0v) is 12.2. The number of nitriles is 1. The molecule has 1 aromatic rings. The van der Waals surface area contributed by atoms with Crippen molar-refractivity contribution in [3.05, 3.63) is 29.6 Å². The van der Waals surface area contributed by atoms with Gasteiger partial charge in [-0.25, -0.2) is 17.5 Å². The lowest BCUT2D eigenvalue weighted by molar-refractivity contribution is 0.547. The molecule has 1 unspecified atom stereocenters. The molecule has 0 aliphatic heterocycles. The molecule has 0 radical (unpaired) electrons. The monoisotopic (exact) mass is 319 g/mol. The van der Waals surface area contributed by atoms with Crippen LogP contribution in [-0.4, -0.2) is 21.0 Å². The Balaban J connectivity index is 0.00000200. The van der Waals surface area contributed by atoms with Gasteiger partial charge in [0.05, 0.1) is 10.5 Å². The van der Waals surface area contributed by atoms with Crippen LogP contribution in [0.5, 0.6) is 0 Å². The molecule has 1 aliphatic carbocycles. The second-order valence-electron chi connectivity index (χ2n) is 4.61. The summed E-state index contributed by atoms with van der Waals surface area (Å²) in [5, 5.41) is 8.68. The maximum absolute atomic E-state index is 13.1. The van der Waals surface area contributed by atoms with E-state index < -0.39 is 15.8 Å². The Morgan fingerprint density at radius 1 is 1.50 bits per heavy atom. The zero-order chi connectivity index (χ0) is 14.0. The molecule has 5 nitrogen and oxygen atoms in total. The third kappa shape index (κ3) is 3.90. The molecule has 3 N–H and O–H groups in total. The standard InChI is InChI=1S/C12H14FN3O2S.ClH/c13-11-4-3-10(5-9(11)6-14)19(17,18)16-7-12(15)8-1-2-8;/h3-5,8,12,16H,1-2,7,15H2;1H. The van der Waals surface area contributed by atoms with Gasteiger partial charge in [0.1, 0.15) is 11.9 Å². The van der Waals surface area contributed by atoms with Gasteiger partial charge in [-0.05, 0) is 37.0 Å². The number of nitrogens with zero attached hydrogens (tertiary/aromatic N) is 1. The smallest absolute Gasteiger partial charge is 0.240 e. The first-order valence-electron chi connectivity index (χ1n) is 5.89. The number of nitrogens with one attached hydrogen (secondary N) is 1. The zero-order valence-electron chi connectivity index (χ0n) is 10.5. The minimum absolute atomic E-state index is 0. The molecule has 20 heavy (non-hydrogen) atoms. The van der Waals surface area contributed by atoms with Gasteiger partial charge in [-0.1, -0.05) is 0 Å². The number of hydrogen-bond acceptors (Lipinski definition) is 4. The van der Waals surface area contributed by atoms with Crippen molar-refractivity contribution < 1.29 is 12.8 Å². The van der Waals surface area contributed by atoms with Gasteiger partial charge in [0.2, 0.25) is 10.0 Å². The Bertz CT molecular complexity index is 626. The Morgan fingerprint density at radius 2 is 2.15 bits per heavy atom. The predicted molar refractivity (Wildman–Crippen MR) is 74.3 cm³/mol. The Hall–Kier alpha value is -1.20. The predicted octanol–water partition coefficient (Wildman–Crippen LogP) is 1.13. The molecule has 8 heteroatoms. The maximum Gasteiger partial charge on any atom is 0.240 e. The van der Waals surface area contributed by atoms with E-state index in [0.717, 1.165) is 31.0 Å². The highest BCUT2D eigenvalue weighted by Gasteiger charge is 2.29. The fourth-order valence-electron chi connectivity index (χ4n) is 1.74. The summed E-state index contributed by atoms with van der Waals surface area (Å²) in [7, 11) is -3.76. The number of rotatable bonds is 5. The van der Waals surface area contributed by atoms with Gasteiger partial charge in [0.25, 0.3) is 0 Å². The van der Waals surface area contributed by atoms with Crippen LogP contribution >= 0.6 is 12.4 Å². The molecule has 0 bridgehead atoms. The number of hydrogen-bond donors (Lipinski definition) is 2. The highest BCUT2D eigenvalue weighted by Crippen LogP contribution is 2.31. The van der Waals surface area contributed by atoms with E-state index in [4.69, 9.17) is 11.0 Å². The first-order chi connectivity index (χ1) is 8.94. The van der Waals surface area contributed by atoms with E-state index in [1.165, 1.54) is 0 Å². The lowest BCUT2D eigenvalue weighted by Crippen LogP contribution is -2.38. The summed E-state index contributed by atoms with van der Waals surface area (Å²) in [5.74, 6) is -0.360. The number of nitrogens with two attached hydrogens (primary N) is 1. The average Bonchev–Trinajstić information content (AvgIpc) is 3.20. The van der Waals surface area contributed by atoms with E-state index in [0.29, 0.717) is 5.92 Å². The summed E-state index contributed by atoms with van der Waals surface area (Å²) in [6, 6.07) is 4.51. The van der Waals surface area contributed by atoms with Crippen molar-refractivity contribution in [3.8, 4) is 6.07 Å². The molecule has 1 saturated carbocycles. The van der Waals surface area contributed by atoms with Gasteiger partial charge in [-0.3, -0.25) is 0 Å². The number of halogens is 2. The largest absolute Gasteiger partial charge is 0.326 e. The van der Waals surface area contributed by atoms with Crippen LogP contribution in [0.15, 0.2) is 23.1 Å². The van der Waals surface area contributed by atoms with E-state index in [-0.39, 0.29) is 35.5 Å². The molecule has 0 saturated heterocycles. The molecule has 0 aromatic heterocycles. The summed E-state index contributed by atoms with van der Waals surface area (Å²) in [6.45, 7) is 0.145. The minimum Gasteiger partial charge on any atom is -0.326 e. The van der Waals surface area contributed by atoms with Crippen molar-refractivity contribution in [2.75, 3.05) is 6.54 Å². The maximum atomic E-state index is 13.1. The van der Waals surface area contributed by atoms with Crippen LogP contribution in [0, 0.1) is 23.1 Å². The molecular formula is C12H15ClFN3O2S. The summed E-state index contributed by atoms with van der Waals surface area (Å²) in [6.07, 6.45) is 2.05. The lowest BCUT2D eigenvalue weighted by atomic mass is 10.2. The highest BCUT2D eigenvalue weighted by molar-refractivity contribution is 7.89. The van der Waals surface area contributed by atoms with Crippen LogP contribution in [-0.2, 0) is 10.0 Å². The van der Waals surface area contributed by atoms with Gasteiger partial charge in [-0.2, -0.15) is 5.26 Å². The number of benzene rings is 1. The van der Waals surface area contributed by atoms with Crippen molar-refractivity contribution in [3.63, 3.8) is 0 Å². The fraction of sp³-hybridized carbons (Fsp3) is 0.417. The quantitative estimate of drug-likeness (QED) is 0.850. The van der Waals surface area contributed by atoms with Crippen molar-refractivity contribution >= 4 is 22.4 Å². The Labute approximate surface area is 123 Å². The van der Waals surface area contributed by atoms with Gasteiger partial charge in [0.15, 0.2) is 0 Å². The topological polar surface area (TPSA) is 96.0 Å². The Morgan fingerprint density at radius 3 is 2.70 bits per heavy atom. The molecule has 2 rings (SSSR count). The lowest BCUT2D eigenvalue weighted by Gasteiger charge is -2.12. The SMILES string of the molecule is Cl.N#Cc1cc(S(=O)(=O)NCC(N)C2CC2)ccc1F. The molecule has 110 valence electrons. The van der Waals surface area contributed by atoms with Crippen molar-refractivity contribution in [1.82, 2.24) is 4.72 Å². The van der Waals surface area contributed by atoms with E-state index in [1.54, 1.807) is 6.07 Å². The molecule has 1 fully saturated rings. The summed E-state index contributed by atoms with van der Waals surface area (Å²) < 4.78 is 39.4. The summed E-state index contributed by atoms with van der Waals surface area (Å²) in [4.78, 5) is -0.131. The van der Waals surface area contributed by atoms with Crippen LogP contribution < -0.4 is 10.5 Å². The van der Waals surface area contributed by atoms with Crippen LogP contribution in [0.2, 0.25) is 0 Å². The van der Waals surface area contributed by atoms with E-state index in [9.17, 15) is 12.8 Å². The van der Waals surface area contributed by atoms with Crippen LogP contribution in [0.3, 0.4) is 0 Å². The Kier molecular flexibility index (Phi) is 5.48. The molecule has 0 spiro atoms. The van der Waals surface area contributed by atoms with Gasteiger partial charge >= 0.3 is 0 Å². The summed E-state index contributed by atoms with van der Waals surface area (Å²) in [5.41, 5.74) is 5.51. The van der Waals surface area contributed by atoms with Crippen molar-refractivity contribution in [2.45, 2.75) is 23.8 Å². The van der Waals surface area contributed by atoms with E-state index in [2.05, 4.69) is 4.72 Å². The number of sulfonamides is 1. The molecule has 0 heterocycles.